The molecule has 0 saturated heterocycles. The maximum Gasteiger partial charge on any atom is 0.276 e. The van der Waals surface area contributed by atoms with Gasteiger partial charge in [-0.05, 0) is 19.1 Å². The van der Waals surface area contributed by atoms with E-state index in [4.69, 9.17) is 9.15 Å². The van der Waals surface area contributed by atoms with Gasteiger partial charge in [0.2, 0.25) is 5.89 Å². The van der Waals surface area contributed by atoms with Gasteiger partial charge in [-0.2, -0.15) is 0 Å². The molecule has 1 amide bonds. The lowest BCUT2D eigenvalue weighted by Gasteiger charge is -2.22. The van der Waals surface area contributed by atoms with Gasteiger partial charge in [0.25, 0.3) is 5.91 Å². The van der Waals surface area contributed by atoms with E-state index in [1.54, 1.807) is 36.0 Å². The molecule has 1 atom stereocenters. The van der Waals surface area contributed by atoms with Crippen molar-refractivity contribution >= 4 is 28.0 Å². The number of ether oxygens (including phenoxy) is 1. The number of benzene rings is 1. The van der Waals surface area contributed by atoms with Crippen LogP contribution in [-0.2, 0) is 6.61 Å². The van der Waals surface area contributed by atoms with Gasteiger partial charge in [-0.1, -0.05) is 12.1 Å². The molecule has 0 bridgehead atoms. The Labute approximate surface area is 165 Å². The second-order valence-electron chi connectivity index (χ2n) is 6.26. The topological polar surface area (TPSA) is 81.4 Å². The molecule has 3 heterocycles. The van der Waals surface area contributed by atoms with Crippen LogP contribution in [0.25, 0.3) is 10.8 Å². The Hall–Kier alpha value is -3.26. The lowest BCUT2D eigenvalue weighted by atomic mass is 10.1. The standard InChI is InChI=1S/C20H18N4O3S/c1-13(18-9-22-12-28-18)24(2)20(25)16-10-27-19(23-16)11-26-17-5-3-4-14-8-21-7-6-15(14)17/h3-10,12-13H,11H2,1-2H3/t13-/m1/s1. The Morgan fingerprint density at radius 3 is 3.00 bits per heavy atom. The fraction of sp³-hybridized carbons (Fsp3) is 0.200. The van der Waals surface area contributed by atoms with Gasteiger partial charge in [-0.25, -0.2) is 4.98 Å². The zero-order valence-corrected chi connectivity index (χ0v) is 16.2. The summed E-state index contributed by atoms with van der Waals surface area (Å²) in [7, 11) is 1.74. The number of hydrogen-bond donors (Lipinski definition) is 0. The number of nitrogens with zero attached hydrogens (tertiary/aromatic N) is 4. The van der Waals surface area contributed by atoms with Crippen molar-refractivity contribution < 1.29 is 13.9 Å². The summed E-state index contributed by atoms with van der Waals surface area (Å²) in [4.78, 5) is 27.8. The van der Waals surface area contributed by atoms with E-state index >= 15 is 0 Å². The van der Waals surface area contributed by atoms with Crippen LogP contribution in [0.1, 0.15) is 34.2 Å². The number of fused-ring (bicyclic) bond motifs is 1. The SMILES string of the molecule is C[C@H](c1cncs1)N(C)C(=O)c1coc(COc2cccc3cnccc23)n1. The molecule has 4 rings (SSSR count). The average Bonchev–Trinajstić information content (AvgIpc) is 3.43. The van der Waals surface area contributed by atoms with Crippen LogP contribution in [0.2, 0.25) is 0 Å². The number of carbonyl (C=O) groups excluding carboxylic acids is 1. The van der Waals surface area contributed by atoms with Crippen LogP contribution in [0, 0.1) is 0 Å². The number of hydrogen-bond acceptors (Lipinski definition) is 7. The van der Waals surface area contributed by atoms with Gasteiger partial charge >= 0.3 is 0 Å². The van der Waals surface area contributed by atoms with E-state index in [2.05, 4.69) is 15.0 Å². The minimum absolute atomic E-state index is 0.0966. The Balaban J connectivity index is 1.45. The molecule has 0 fully saturated rings. The molecule has 3 aromatic heterocycles. The molecule has 0 saturated carbocycles. The van der Waals surface area contributed by atoms with Crippen LogP contribution < -0.4 is 4.74 Å². The van der Waals surface area contributed by atoms with E-state index in [0.29, 0.717) is 11.6 Å². The number of pyridine rings is 1. The third-order valence-electron chi connectivity index (χ3n) is 4.53. The van der Waals surface area contributed by atoms with Crippen LogP contribution in [0.3, 0.4) is 0 Å². The lowest BCUT2D eigenvalue weighted by Crippen LogP contribution is -2.29. The predicted octanol–water partition coefficient (Wildman–Crippen LogP) is 4.09. The molecule has 0 aliphatic carbocycles. The largest absolute Gasteiger partial charge is 0.483 e. The maximum atomic E-state index is 12.7. The smallest absolute Gasteiger partial charge is 0.276 e. The molecule has 0 unspecified atom stereocenters. The minimum atomic E-state index is -0.216. The molecule has 4 aromatic rings. The zero-order chi connectivity index (χ0) is 19.5. The monoisotopic (exact) mass is 394 g/mol. The second kappa shape index (κ2) is 7.77. The summed E-state index contributed by atoms with van der Waals surface area (Å²) in [6, 6.07) is 7.55. The highest BCUT2D eigenvalue weighted by Crippen LogP contribution is 2.26. The molecule has 7 nitrogen and oxygen atoms in total. The Morgan fingerprint density at radius 1 is 1.29 bits per heavy atom. The van der Waals surface area contributed by atoms with Crippen LogP contribution in [-0.4, -0.2) is 32.8 Å². The van der Waals surface area contributed by atoms with E-state index in [9.17, 15) is 4.79 Å². The van der Waals surface area contributed by atoms with Crippen molar-refractivity contribution in [3.05, 3.63) is 71.1 Å². The fourth-order valence-electron chi connectivity index (χ4n) is 2.81. The Kier molecular flexibility index (Phi) is 5.03. The number of oxazole rings is 1. The maximum absolute atomic E-state index is 12.7. The molecule has 1 aromatic carbocycles. The second-order valence-corrected chi connectivity index (χ2v) is 7.18. The van der Waals surface area contributed by atoms with E-state index in [-0.39, 0.29) is 24.2 Å². The minimum Gasteiger partial charge on any atom is -0.483 e. The number of rotatable bonds is 6. The normalized spacial score (nSPS) is 12.1. The van der Waals surface area contributed by atoms with Gasteiger partial charge in [0.15, 0.2) is 12.3 Å². The number of carbonyl (C=O) groups is 1. The highest BCUT2D eigenvalue weighted by molar-refractivity contribution is 7.09. The summed E-state index contributed by atoms with van der Waals surface area (Å²) in [5, 5.41) is 1.94. The molecule has 142 valence electrons. The molecule has 0 N–H and O–H groups in total. The van der Waals surface area contributed by atoms with E-state index in [1.165, 1.54) is 17.6 Å². The highest BCUT2D eigenvalue weighted by Gasteiger charge is 2.23. The quantitative estimate of drug-likeness (QED) is 0.490. The van der Waals surface area contributed by atoms with E-state index in [0.717, 1.165) is 15.6 Å². The van der Waals surface area contributed by atoms with Gasteiger partial charge in [0, 0.05) is 41.3 Å². The van der Waals surface area contributed by atoms with Crippen molar-refractivity contribution in [2.75, 3.05) is 7.05 Å². The van der Waals surface area contributed by atoms with Crippen LogP contribution >= 0.6 is 11.3 Å². The van der Waals surface area contributed by atoms with Crippen molar-refractivity contribution in [3.63, 3.8) is 0 Å². The number of thiazole rings is 1. The first kappa shape index (κ1) is 18.1. The predicted molar refractivity (Wildman–Crippen MR) is 105 cm³/mol. The van der Waals surface area contributed by atoms with E-state index in [1.807, 2.05) is 31.2 Å². The van der Waals surface area contributed by atoms with Crippen molar-refractivity contribution in [1.82, 2.24) is 19.9 Å². The lowest BCUT2D eigenvalue weighted by molar-refractivity contribution is 0.0738. The first-order chi connectivity index (χ1) is 13.6. The van der Waals surface area contributed by atoms with Crippen molar-refractivity contribution in [3.8, 4) is 5.75 Å². The van der Waals surface area contributed by atoms with Crippen molar-refractivity contribution in [1.29, 1.82) is 0 Å². The summed E-state index contributed by atoms with van der Waals surface area (Å²) in [6.45, 7) is 2.08. The first-order valence-corrected chi connectivity index (χ1v) is 9.57. The van der Waals surface area contributed by atoms with E-state index < -0.39 is 0 Å². The van der Waals surface area contributed by atoms with Crippen LogP contribution in [0.5, 0.6) is 5.75 Å². The number of aromatic nitrogens is 3. The molecular weight excluding hydrogens is 376 g/mol. The summed E-state index contributed by atoms with van der Waals surface area (Å²) >= 11 is 1.51. The summed E-state index contributed by atoms with van der Waals surface area (Å²) in [5.74, 6) is 0.835. The van der Waals surface area contributed by atoms with Crippen molar-refractivity contribution in [2.45, 2.75) is 19.6 Å². The summed E-state index contributed by atoms with van der Waals surface area (Å²) in [5.41, 5.74) is 2.00. The average molecular weight is 394 g/mol. The van der Waals surface area contributed by atoms with Gasteiger partial charge < -0.3 is 14.1 Å². The third kappa shape index (κ3) is 3.59. The first-order valence-electron chi connectivity index (χ1n) is 8.69. The Bertz CT molecular complexity index is 1090. The van der Waals surface area contributed by atoms with Crippen LogP contribution in [0.15, 0.2) is 59.0 Å². The highest BCUT2D eigenvalue weighted by atomic mass is 32.1. The molecule has 0 aliphatic rings. The van der Waals surface area contributed by atoms with Gasteiger partial charge in [0.1, 0.15) is 12.0 Å². The summed E-state index contributed by atoms with van der Waals surface area (Å²) < 4.78 is 11.3. The Morgan fingerprint density at radius 2 is 2.18 bits per heavy atom. The molecule has 0 spiro atoms. The van der Waals surface area contributed by atoms with Gasteiger partial charge in [-0.15, -0.1) is 11.3 Å². The molecule has 28 heavy (non-hydrogen) atoms. The summed E-state index contributed by atoms with van der Waals surface area (Å²) in [6.07, 6.45) is 6.63. The zero-order valence-electron chi connectivity index (χ0n) is 15.4. The van der Waals surface area contributed by atoms with Crippen molar-refractivity contribution in [2.24, 2.45) is 0 Å². The number of amides is 1. The molecular formula is C20H18N4O3S. The van der Waals surface area contributed by atoms with Crippen LogP contribution in [0.4, 0.5) is 0 Å². The van der Waals surface area contributed by atoms with Gasteiger partial charge in [-0.3, -0.25) is 14.8 Å². The van der Waals surface area contributed by atoms with Gasteiger partial charge in [0.05, 0.1) is 11.6 Å². The fourth-order valence-corrected chi connectivity index (χ4v) is 3.53. The third-order valence-corrected chi connectivity index (χ3v) is 5.47. The molecule has 0 aliphatic heterocycles. The molecule has 8 heteroatoms. The molecule has 0 radical (unpaired) electrons.